The summed E-state index contributed by atoms with van der Waals surface area (Å²) in [6.45, 7) is 2.46. The predicted octanol–water partition coefficient (Wildman–Crippen LogP) is -0.181. The van der Waals surface area contributed by atoms with Crippen molar-refractivity contribution in [1.29, 1.82) is 0 Å². The molecule has 0 radical (unpaired) electrons. The van der Waals surface area contributed by atoms with E-state index in [4.69, 9.17) is 5.73 Å². The molecular formula is C11H16N4O. The minimum absolute atomic E-state index is 0.137. The van der Waals surface area contributed by atoms with Crippen LogP contribution in [0.2, 0.25) is 0 Å². The lowest BCUT2D eigenvalue weighted by molar-refractivity contribution is -0.129. The van der Waals surface area contributed by atoms with Crippen LogP contribution in [0.1, 0.15) is 5.56 Å². The monoisotopic (exact) mass is 220 g/mol. The fourth-order valence-corrected chi connectivity index (χ4v) is 1.84. The Morgan fingerprint density at radius 1 is 1.50 bits per heavy atom. The summed E-state index contributed by atoms with van der Waals surface area (Å²) in [5.74, 6) is 0.137. The van der Waals surface area contributed by atoms with Gasteiger partial charge in [0.25, 0.3) is 0 Å². The first kappa shape index (κ1) is 10.9. The Bertz CT molecular complexity index is 393. The van der Waals surface area contributed by atoms with E-state index in [-0.39, 0.29) is 5.91 Å². The molecule has 16 heavy (non-hydrogen) atoms. The van der Waals surface area contributed by atoms with Gasteiger partial charge in [-0.2, -0.15) is 0 Å². The third-order valence-corrected chi connectivity index (χ3v) is 2.91. The fraction of sp³-hybridized carbons (Fsp3) is 0.455. The van der Waals surface area contributed by atoms with E-state index in [0.717, 1.165) is 24.3 Å². The summed E-state index contributed by atoms with van der Waals surface area (Å²) in [6.07, 6.45) is 3.50. The minimum atomic E-state index is 0.137. The number of amides is 1. The first-order chi connectivity index (χ1) is 7.72. The number of rotatable bonds is 2. The summed E-state index contributed by atoms with van der Waals surface area (Å²) in [5, 5.41) is 0. The maximum atomic E-state index is 11.6. The summed E-state index contributed by atoms with van der Waals surface area (Å²) in [4.78, 5) is 19.5. The van der Waals surface area contributed by atoms with Gasteiger partial charge in [0.2, 0.25) is 5.91 Å². The van der Waals surface area contributed by atoms with Crippen molar-refractivity contribution in [2.45, 2.75) is 6.54 Å². The van der Waals surface area contributed by atoms with E-state index >= 15 is 0 Å². The number of hydrogen-bond acceptors (Lipinski definition) is 4. The summed E-state index contributed by atoms with van der Waals surface area (Å²) in [6, 6.07) is 1.90. The van der Waals surface area contributed by atoms with E-state index in [1.807, 2.05) is 18.0 Å². The van der Waals surface area contributed by atoms with Gasteiger partial charge >= 0.3 is 0 Å². The number of aromatic nitrogens is 1. The second-order valence-corrected chi connectivity index (χ2v) is 3.95. The highest BCUT2D eigenvalue weighted by Gasteiger charge is 2.22. The molecule has 0 bridgehead atoms. The smallest absolute Gasteiger partial charge is 0.241 e. The molecule has 1 aromatic rings. The fourth-order valence-electron chi connectivity index (χ4n) is 1.84. The minimum Gasteiger partial charge on any atom is -0.359 e. The van der Waals surface area contributed by atoms with Crippen LogP contribution in [0, 0.1) is 0 Å². The average Bonchev–Trinajstić information content (AvgIpc) is 2.32. The first-order valence-electron chi connectivity index (χ1n) is 5.34. The van der Waals surface area contributed by atoms with Gasteiger partial charge in [0.05, 0.1) is 18.4 Å². The van der Waals surface area contributed by atoms with Crippen LogP contribution >= 0.6 is 0 Å². The van der Waals surface area contributed by atoms with Crippen LogP contribution in [-0.2, 0) is 11.3 Å². The number of nitrogens with zero attached hydrogens (tertiary/aromatic N) is 3. The zero-order valence-corrected chi connectivity index (χ0v) is 9.39. The zero-order valence-electron chi connectivity index (χ0n) is 9.39. The second kappa shape index (κ2) is 4.49. The quantitative estimate of drug-likeness (QED) is 0.751. The molecular weight excluding hydrogens is 204 g/mol. The van der Waals surface area contributed by atoms with Crippen LogP contribution < -0.4 is 10.6 Å². The highest BCUT2D eigenvalue weighted by atomic mass is 16.2. The van der Waals surface area contributed by atoms with E-state index in [0.29, 0.717) is 13.1 Å². The molecule has 0 spiro atoms. The Morgan fingerprint density at radius 3 is 3.00 bits per heavy atom. The summed E-state index contributed by atoms with van der Waals surface area (Å²) < 4.78 is 0. The highest BCUT2D eigenvalue weighted by Crippen LogP contribution is 2.20. The van der Waals surface area contributed by atoms with E-state index < -0.39 is 0 Å². The number of carbonyl (C=O) groups is 1. The van der Waals surface area contributed by atoms with Crippen molar-refractivity contribution in [3.05, 3.63) is 24.0 Å². The van der Waals surface area contributed by atoms with Crippen molar-refractivity contribution in [2.24, 2.45) is 5.73 Å². The Hall–Kier alpha value is -1.62. The van der Waals surface area contributed by atoms with Gasteiger partial charge in [-0.05, 0) is 11.6 Å². The third kappa shape index (κ3) is 1.99. The van der Waals surface area contributed by atoms with Crippen molar-refractivity contribution in [3.63, 3.8) is 0 Å². The first-order valence-corrected chi connectivity index (χ1v) is 5.34. The normalized spacial score (nSPS) is 16.8. The Kier molecular flexibility index (Phi) is 3.05. The molecule has 0 saturated carbocycles. The molecule has 1 aliphatic rings. The van der Waals surface area contributed by atoms with E-state index in [1.165, 1.54) is 0 Å². The van der Waals surface area contributed by atoms with Gasteiger partial charge in [0, 0.05) is 32.9 Å². The largest absolute Gasteiger partial charge is 0.359 e. The molecule has 1 amide bonds. The van der Waals surface area contributed by atoms with Crippen LogP contribution in [0.3, 0.4) is 0 Å². The topological polar surface area (TPSA) is 62.5 Å². The van der Waals surface area contributed by atoms with Crippen LogP contribution in [0.4, 0.5) is 5.69 Å². The standard InChI is InChI=1S/C11H16N4O/c1-14-4-5-15(8-11(14)16)10-7-13-3-2-9(10)6-12/h2-3,7H,4-6,8,12H2,1H3. The molecule has 0 aromatic carbocycles. The van der Waals surface area contributed by atoms with Gasteiger partial charge < -0.3 is 15.5 Å². The number of hydrogen-bond donors (Lipinski definition) is 1. The van der Waals surface area contributed by atoms with E-state index in [2.05, 4.69) is 4.98 Å². The number of nitrogens with two attached hydrogens (primary N) is 1. The molecule has 5 nitrogen and oxygen atoms in total. The van der Waals surface area contributed by atoms with Crippen LogP contribution in [0.15, 0.2) is 18.5 Å². The van der Waals surface area contributed by atoms with Gasteiger partial charge in [0.1, 0.15) is 0 Å². The Morgan fingerprint density at radius 2 is 2.31 bits per heavy atom. The van der Waals surface area contributed by atoms with Crippen LogP contribution in [-0.4, -0.2) is 42.5 Å². The van der Waals surface area contributed by atoms with Crippen LogP contribution in [0.5, 0.6) is 0 Å². The molecule has 2 rings (SSSR count). The second-order valence-electron chi connectivity index (χ2n) is 3.95. The molecule has 2 heterocycles. The highest BCUT2D eigenvalue weighted by molar-refractivity contribution is 5.82. The third-order valence-electron chi connectivity index (χ3n) is 2.91. The number of carbonyl (C=O) groups excluding carboxylic acids is 1. The number of likely N-dealkylation sites (N-methyl/N-ethyl adjacent to an activating group) is 1. The Labute approximate surface area is 94.9 Å². The van der Waals surface area contributed by atoms with Gasteiger partial charge in [-0.25, -0.2) is 0 Å². The van der Waals surface area contributed by atoms with Crippen molar-refractivity contribution in [1.82, 2.24) is 9.88 Å². The molecule has 1 saturated heterocycles. The summed E-state index contributed by atoms with van der Waals surface area (Å²) in [5.41, 5.74) is 7.68. The molecule has 5 heteroatoms. The van der Waals surface area contributed by atoms with Gasteiger partial charge in [-0.3, -0.25) is 9.78 Å². The van der Waals surface area contributed by atoms with E-state index in [9.17, 15) is 4.79 Å². The molecule has 0 atom stereocenters. The lowest BCUT2D eigenvalue weighted by Gasteiger charge is -2.34. The van der Waals surface area contributed by atoms with Crippen molar-refractivity contribution in [2.75, 3.05) is 31.6 Å². The lowest BCUT2D eigenvalue weighted by Crippen LogP contribution is -2.48. The molecule has 0 unspecified atom stereocenters. The van der Waals surface area contributed by atoms with Crippen molar-refractivity contribution < 1.29 is 4.79 Å². The molecule has 2 N–H and O–H groups in total. The molecule has 1 aromatic heterocycles. The predicted molar refractivity (Wildman–Crippen MR) is 62.0 cm³/mol. The van der Waals surface area contributed by atoms with Crippen LogP contribution in [0.25, 0.3) is 0 Å². The zero-order chi connectivity index (χ0) is 11.5. The molecule has 0 aliphatic carbocycles. The van der Waals surface area contributed by atoms with Gasteiger partial charge in [-0.1, -0.05) is 0 Å². The Balaban J connectivity index is 2.21. The van der Waals surface area contributed by atoms with E-state index in [1.54, 1.807) is 17.3 Å². The maximum absolute atomic E-state index is 11.6. The summed E-state index contributed by atoms with van der Waals surface area (Å²) >= 11 is 0. The average molecular weight is 220 g/mol. The lowest BCUT2D eigenvalue weighted by atomic mass is 10.2. The molecule has 86 valence electrons. The summed E-state index contributed by atoms with van der Waals surface area (Å²) in [7, 11) is 1.83. The number of pyridine rings is 1. The number of anilines is 1. The molecule has 1 aliphatic heterocycles. The molecule has 1 fully saturated rings. The maximum Gasteiger partial charge on any atom is 0.241 e. The van der Waals surface area contributed by atoms with Gasteiger partial charge in [0.15, 0.2) is 0 Å². The number of piperazine rings is 1. The van der Waals surface area contributed by atoms with Gasteiger partial charge in [-0.15, -0.1) is 0 Å². The SMILES string of the molecule is CN1CCN(c2cnccc2CN)CC1=O. The van der Waals surface area contributed by atoms with Crippen molar-refractivity contribution in [3.8, 4) is 0 Å². The van der Waals surface area contributed by atoms with Crippen molar-refractivity contribution >= 4 is 11.6 Å².